The Morgan fingerprint density at radius 2 is 1.79 bits per heavy atom. The van der Waals surface area contributed by atoms with Crippen molar-refractivity contribution in [2.45, 2.75) is 0 Å². The molecule has 2 aromatic heterocycles. The molecule has 8 heteroatoms. The van der Waals surface area contributed by atoms with Crippen LogP contribution >= 0.6 is 23.2 Å². The van der Waals surface area contributed by atoms with Crippen molar-refractivity contribution in [1.82, 2.24) is 15.0 Å². The van der Waals surface area contributed by atoms with Crippen molar-refractivity contribution in [2.24, 2.45) is 0 Å². The van der Waals surface area contributed by atoms with E-state index in [0.717, 1.165) is 11.6 Å². The summed E-state index contributed by atoms with van der Waals surface area (Å²) < 4.78 is 14.1. The number of halogens is 3. The van der Waals surface area contributed by atoms with Crippen molar-refractivity contribution in [1.29, 1.82) is 0 Å². The van der Waals surface area contributed by atoms with E-state index in [4.69, 9.17) is 23.2 Å². The molecule has 29 heavy (non-hydrogen) atoms. The van der Waals surface area contributed by atoms with Gasteiger partial charge in [0.2, 0.25) is 5.95 Å². The molecule has 0 aliphatic heterocycles. The van der Waals surface area contributed by atoms with Crippen LogP contribution in [0.2, 0.25) is 10.0 Å². The number of nitrogens with zero attached hydrogens (tertiary/aromatic N) is 2. The molecule has 0 unspecified atom stereocenters. The van der Waals surface area contributed by atoms with Crippen molar-refractivity contribution in [2.75, 3.05) is 5.32 Å². The quantitative estimate of drug-likeness (QED) is 0.440. The summed E-state index contributed by atoms with van der Waals surface area (Å²) >= 11 is 12.0. The average molecular weight is 427 g/mol. The molecule has 0 atom stereocenters. The first-order chi connectivity index (χ1) is 14.0. The molecule has 0 aliphatic rings. The molecule has 4 aromatic rings. The highest BCUT2D eigenvalue weighted by Crippen LogP contribution is 2.27. The Balaban J connectivity index is 1.78. The van der Waals surface area contributed by atoms with Gasteiger partial charge < -0.3 is 5.32 Å². The zero-order valence-corrected chi connectivity index (χ0v) is 16.3. The van der Waals surface area contributed by atoms with Crippen LogP contribution in [-0.4, -0.2) is 15.0 Å². The van der Waals surface area contributed by atoms with Gasteiger partial charge in [-0.25, -0.2) is 9.37 Å². The van der Waals surface area contributed by atoms with Gasteiger partial charge in [0.05, 0.1) is 20.9 Å². The summed E-state index contributed by atoms with van der Waals surface area (Å²) in [6.07, 6.45) is 6.82. The number of nitrogens with one attached hydrogen (secondary N) is 2. The zero-order valence-electron chi connectivity index (χ0n) is 14.8. The second-order valence-corrected chi connectivity index (χ2v) is 6.99. The first-order valence-electron chi connectivity index (χ1n) is 8.53. The first-order valence-corrected chi connectivity index (χ1v) is 9.29. The number of fused-ring (bicyclic) bond motifs is 1. The van der Waals surface area contributed by atoms with Gasteiger partial charge in [-0.1, -0.05) is 35.4 Å². The van der Waals surface area contributed by atoms with E-state index in [1.54, 1.807) is 42.7 Å². The second kappa shape index (κ2) is 8.03. The van der Waals surface area contributed by atoms with Crippen molar-refractivity contribution >= 4 is 57.9 Å². The van der Waals surface area contributed by atoms with E-state index >= 15 is 0 Å². The third-order valence-electron chi connectivity index (χ3n) is 4.15. The van der Waals surface area contributed by atoms with Crippen LogP contribution in [0.5, 0.6) is 0 Å². The topological polar surface area (TPSA) is 70.7 Å². The van der Waals surface area contributed by atoms with Crippen molar-refractivity contribution in [3.05, 3.63) is 92.2 Å². The molecule has 2 N–H and O–H groups in total. The Labute approximate surface area is 174 Å². The Morgan fingerprint density at radius 3 is 2.55 bits per heavy atom. The summed E-state index contributed by atoms with van der Waals surface area (Å²) in [4.78, 5) is 23.5. The molecule has 0 aliphatic carbocycles. The summed E-state index contributed by atoms with van der Waals surface area (Å²) in [5.74, 6) is -0.324. The van der Waals surface area contributed by atoms with Gasteiger partial charge in [-0.05, 0) is 48.0 Å². The lowest BCUT2D eigenvalue weighted by atomic mass is 10.1. The fraction of sp³-hybridized carbons (Fsp3) is 0. The standard InChI is InChI=1S/C21H13Cl2FN4O/c22-17-4-3-15(11-18(17)23)26-21-27-19-13(2-1-12-5-7-25-8-6-12)9-14(24)10-16(19)20(29)28-21/h1-11H,(H2,26,27,28,29)/b2-1+. The molecule has 0 fully saturated rings. The molecule has 2 aromatic carbocycles. The van der Waals surface area contributed by atoms with Gasteiger partial charge in [-0.3, -0.25) is 14.8 Å². The lowest BCUT2D eigenvalue weighted by Crippen LogP contribution is -2.12. The predicted octanol–water partition coefficient (Wildman–Crippen LogP) is 5.68. The molecule has 144 valence electrons. The SMILES string of the molecule is O=c1[nH]c(Nc2ccc(Cl)c(Cl)c2)nc2c(/C=C/c3ccncc3)cc(F)cc12. The van der Waals surface area contributed by atoms with Crippen LogP contribution in [0.25, 0.3) is 23.1 Å². The number of hydrogen-bond acceptors (Lipinski definition) is 4. The summed E-state index contributed by atoms with van der Waals surface area (Å²) in [7, 11) is 0. The Morgan fingerprint density at radius 1 is 1.00 bits per heavy atom. The van der Waals surface area contributed by atoms with Crippen LogP contribution in [0.1, 0.15) is 11.1 Å². The van der Waals surface area contributed by atoms with Crippen LogP contribution in [0.4, 0.5) is 16.0 Å². The Kier molecular flexibility index (Phi) is 5.29. The van der Waals surface area contributed by atoms with Crippen molar-refractivity contribution < 1.29 is 4.39 Å². The van der Waals surface area contributed by atoms with E-state index in [1.807, 2.05) is 12.1 Å². The monoisotopic (exact) mass is 426 g/mol. The van der Waals surface area contributed by atoms with E-state index in [0.29, 0.717) is 26.8 Å². The van der Waals surface area contributed by atoms with Crippen LogP contribution in [0, 0.1) is 5.82 Å². The molecule has 0 saturated heterocycles. The van der Waals surface area contributed by atoms with E-state index in [2.05, 4.69) is 20.3 Å². The lowest BCUT2D eigenvalue weighted by Gasteiger charge is -2.09. The molecule has 0 bridgehead atoms. The third kappa shape index (κ3) is 4.29. The minimum atomic E-state index is -0.524. The maximum atomic E-state index is 14.1. The number of benzene rings is 2. The normalized spacial score (nSPS) is 11.3. The number of aromatic amines is 1. The molecule has 4 rings (SSSR count). The zero-order chi connectivity index (χ0) is 20.4. The smallest absolute Gasteiger partial charge is 0.260 e. The summed E-state index contributed by atoms with van der Waals surface area (Å²) in [5, 5.41) is 3.91. The van der Waals surface area contributed by atoms with Gasteiger partial charge in [0.1, 0.15) is 5.82 Å². The minimum absolute atomic E-state index is 0.152. The van der Waals surface area contributed by atoms with E-state index in [1.165, 1.54) is 6.07 Å². The van der Waals surface area contributed by atoms with Gasteiger partial charge in [0.15, 0.2) is 0 Å². The average Bonchev–Trinajstić information content (AvgIpc) is 2.70. The highest BCUT2D eigenvalue weighted by molar-refractivity contribution is 6.42. The van der Waals surface area contributed by atoms with Crippen LogP contribution < -0.4 is 10.9 Å². The van der Waals surface area contributed by atoms with Crippen LogP contribution in [0.15, 0.2) is 59.7 Å². The Bertz CT molecular complexity index is 1290. The fourth-order valence-corrected chi connectivity index (χ4v) is 3.09. The van der Waals surface area contributed by atoms with E-state index < -0.39 is 11.4 Å². The fourth-order valence-electron chi connectivity index (χ4n) is 2.79. The Hall–Kier alpha value is -3.22. The molecule has 0 spiro atoms. The van der Waals surface area contributed by atoms with E-state index in [9.17, 15) is 9.18 Å². The summed E-state index contributed by atoms with van der Waals surface area (Å²) in [5.41, 5.74) is 1.85. The first kappa shape index (κ1) is 19.1. The molecule has 0 radical (unpaired) electrons. The lowest BCUT2D eigenvalue weighted by molar-refractivity contribution is 0.629. The van der Waals surface area contributed by atoms with Gasteiger partial charge in [0, 0.05) is 23.6 Å². The maximum absolute atomic E-state index is 14.1. The largest absolute Gasteiger partial charge is 0.326 e. The van der Waals surface area contributed by atoms with E-state index in [-0.39, 0.29) is 11.3 Å². The van der Waals surface area contributed by atoms with Crippen LogP contribution in [0.3, 0.4) is 0 Å². The minimum Gasteiger partial charge on any atom is -0.326 e. The third-order valence-corrected chi connectivity index (χ3v) is 4.89. The number of H-pyrrole nitrogens is 1. The van der Waals surface area contributed by atoms with Crippen molar-refractivity contribution in [3.8, 4) is 0 Å². The summed E-state index contributed by atoms with van der Waals surface area (Å²) in [6.45, 7) is 0. The number of rotatable bonds is 4. The molecular formula is C21H13Cl2FN4O. The van der Waals surface area contributed by atoms with Gasteiger partial charge in [-0.2, -0.15) is 0 Å². The van der Waals surface area contributed by atoms with Gasteiger partial charge in [-0.15, -0.1) is 0 Å². The second-order valence-electron chi connectivity index (χ2n) is 6.17. The number of pyridine rings is 1. The highest BCUT2D eigenvalue weighted by atomic mass is 35.5. The molecule has 5 nitrogen and oxygen atoms in total. The maximum Gasteiger partial charge on any atom is 0.260 e. The predicted molar refractivity (Wildman–Crippen MR) is 115 cm³/mol. The molecule has 0 amide bonds. The number of hydrogen-bond donors (Lipinski definition) is 2. The number of anilines is 2. The molecule has 0 saturated carbocycles. The van der Waals surface area contributed by atoms with Gasteiger partial charge >= 0.3 is 0 Å². The highest BCUT2D eigenvalue weighted by Gasteiger charge is 2.10. The van der Waals surface area contributed by atoms with Crippen LogP contribution in [-0.2, 0) is 0 Å². The van der Waals surface area contributed by atoms with Gasteiger partial charge in [0.25, 0.3) is 5.56 Å². The molecule has 2 heterocycles. The molecular weight excluding hydrogens is 414 g/mol. The summed E-state index contributed by atoms with van der Waals surface area (Å²) in [6, 6.07) is 11.1. The number of aromatic nitrogens is 3. The van der Waals surface area contributed by atoms with Crippen molar-refractivity contribution in [3.63, 3.8) is 0 Å².